The van der Waals surface area contributed by atoms with E-state index in [0.29, 0.717) is 11.3 Å². The van der Waals surface area contributed by atoms with Crippen molar-refractivity contribution in [2.24, 2.45) is 0 Å². The maximum Gasteiger partial charge on any atom is 0.133 e. The minimum Gasteiger partial charge on any atom is -0.496 e. The summed E-state index contributed by atoms with van der Waals surface area (Å²) in [7, 11) is 1.45. The molecule has 0 aliphatic carbocycles. The van der Waals surface area contributed by atoms with Gasteiger partial charge in [-0.1, -0.05) is 6.07 Å². The van der Waals surface area contributed by atoms with Crippen LogP contribution in [0.3, 0.4) is 0 Å². The minimum absolute atomic E-state index is 0.144. The first kappa shape index (κ1) is 14.0. The van der Waals surface area contributed by atoms with Crippen molar-refractivity contribution in [3.8, 4) is 5.75 Å². The normalized spacial score (nSPS) is 12.5. The van der Waals surface area contributed by atoms with Gasteiger partial charge in [0.05, 0.1) is 20.2 Å². The first-order valence-electron chi connectivity index (χ1n) is 4.99. The molecule has 0 saturated carbocycles. The number of aliphatic hydroxyl groups excluding tert-OH is 1. The highest BCUT2D eigenvalue weighted by Gasteiger charge is 2.23. The summed E-state index contributed by atoms with van der Waals surface area (Å²) in [6.07, 6.45) is -1.07. The Balaban J connectivity index is 2.52. The van der Waals surface area contributed by atoms with E-state index in [0.717, 1.165) is 7.57 Å². The molecule has 0 aliphatic rings. The Morgan fingerprint density at radius 3 is 2.67 bits per heavy atom. The van der Waals surface area contributed by atoms with E-state index in [4.69, 9.17) is 4.74 Å². The number of hydrogen-bond acceptors (Lipinski definition) is 3. The van der Waals surface area contributed by atoms with Gasteiger partial charge in [-0.3, -0.25) is 0 Å². The van der Waals surface area contributed by atoms with Crippen molar-refractivity contribution in [3.05, 3.63) is 48.8 Å². The Kier molecular flexibility index (Phi) is 4.42. The standard InChI is InChI=1S/C12H9Br2FO2S/c1-17-8-4-2-3-7(15)10(8)11(16)6-5-9(13)18-12(6)14/h2-5,11,16H,1H3. The molecule has 2 aromatic rings. The lowest BCUT2D eigenvalue weighted by Crippen LogP contribution is -2.04. The molecule has 1 heterocycles. The number of ether oxygens (including phenoxy) is 1. The van der Waals surface area contributed by atoms with Crippen LogP contribution in [0.1, 0.15) is 17.2 Å². The number of methoxy groups -OCH3 is 1. The molecule has 6 heteroatoms. The van der Waals surface area contributed by atoms with E-state index in [1.807, 2.05) is 0 Å². The van der Waals surface area contributed by atoms with Crippen molar-refractivity contribution in [2.45, 2.75) is 6.10 Å². The fourth-order valence-electron chi connectivity index (χ4n) is 1.66. The number of benzene rings is 1. The maximum absolute atomic E-state index is 13.8. The fraction of sp³-hybridized carbons (Fsp3) is 0.167. The number of hydrogen-bond donors (Lipinski definition) is 1. The van der Waals surface area contributed by atoms with Crippen LogP contribution in [-0.2, 0) is 0 Å². The largest absolute Gasteiger partial charge is 0.496 e. The van der Waals surface area contributed by atoms with Gasteiger partial charge in [0.1, 0.15) is 17.7 Å². The van der Waals surface area contributed by atoms with Crippen LogP contribution < -0.4 is 4.74 Å². The van der Waals surface area contributed by atoms with E-state index in [2.05, 4.69) is 31.9 Å². The van der Waals surface area contributed by atoms with Gasteiger partial charge in [0.15, 0.2) is 0 Å². The van der Waals surface area contributed by atoms with E-state index in [-0.39, 0.29) is 5.56 Å². The number of halogens is 3. The van der Waals surface area contributed by atoms with E-state index < -0.39 is 11.9 Å². The van der Waals surface area contributed by atoms with Crippen molar-refractivity contribution in [1.82, 2.24) is 0 Å². The second-order valence-corrected chi connectivity index (χ2v) is 7.29. The van der Waals surface area contributed by atoms with Crippen molar-refractivity contribution in [3.63, 3.8) is 0 Å². The Labute approximate surface area is 125 Å². The highest BCUT2D eigenvalue weighted by Crippen LogP contribution is 2.40. The van der Waals surface area contributed by atoms with Crippen LogP contribution in [0.5, 0.6) is 5.75 Å². The summed E-state index contributed by atoms with van der Waals surface area (Å²) in [6, 6.07) is 6.22. The zero-order chi connectivity index (χ0) is 13.3. The zero-order valence-corrected chi connectivity index (χ0v) is 13.3. The van der Waals surface area contributed by atoms with Gasteiger partial charge < -0.3 is 9.84 Å². The number of thiophene rings is 1. The van der Waals surface area contributed by atoms with Crippen LogP contribution >= 0.6 is 43.2 Å². The van der Waals surface area contributed by atoms with Crippen molar-refractivity contribution < 1.29 is 14.2 Å². The summed E-state index contributed by atoms with van der Waals surface area (Å²) in [5.74, 6) is -0.159. The summed E-state index contributed by atoms with van der Waals surface area (Å²) in [5, 5.41) is 10.3. The van der Waals surface area contributed by atoms with Crippen LogP contribution in [-0.4, -0.2) is 12.2 Å². The third-order valence-electron chi connectivity index (χ3n) is 2.48. The highest BCUT2D eigenvalue weighted by molar-refractivity contribution is 9.12. The maximum atomic E-state index is 13.8. The van der Waals surface area contributed by atoms with E-state index >= 15 is 0 Å². The van der Waals surface area contributed by atoms with Crippen LogP contribution in [0.15, 0.2) is 31.8 Å². The minimum atomic E-state index is -1.07. The van der Waals surface area contributed by atoms with E-state index in [1.54, 1.807) is 18.2 Å². The molecule has 0 fully saturated rings. The third kappa shape index (κ3) is 2.61. The lowest BCUT2D eigenvalue weighted by atomic mass is 10.0. The van der Waals surface area contributed by atoms with Gasteiger partial charge in [-0.2, -0.15) is 0 Å². The van der Waals surface area contributed by atoms with Crippen molar-refractivity contribution in [1.29, 1.82) is 0 Å². The number of aliphatic hydroxyl groups is 1. The molecule has 18 heavy (non-hydrogen) atoms. The predicted molar refractivity (Wildman–Crippen MR) is 76.7 cm³/mol. The van der Waals surface area contributed by atoms with Crippen LogP contribution in [0, 0.1) is 5.82 Å². The Bertz CT molecular complexity index is 571. The molecule has 0 bridgehead atoms. The molecule has 1 atom stereocenters. The highest BCUT2D eigenvalue weighted by atomic mass is 79.9. The molecular weight excluding hydrogens is 387 g/mol. The third-order valence-corrected chi connectivity index (χ3v) is 4.87. The van der Waals surface area contributed by atoms with Gasteiger partial charge in [-0.25, -0.2) is 4.39 Å². The molecule has 0 spiro atoms. The van der Waals surface area contributed by atoms with Crippen LogP contribution in [0.25, 0.3) is 0 Å². The molecule has 0 radical (unpaired) electrons. The predicted octanol–water partition coefficient (Wildman–Crippen LogP) is 4.50. The topological polar surface area (TPSA) is 29.5 Å². The average Bonchev–Trinajstić information content (AvgIpc) is 2.67. The van der Waals surface area contributed by atoms with Crippen molar-refractivity contribution >= 4 is 43.2 Å². The first-order valence-corrected chi connectivity index (χ1v) is 7.40. The molecule has 2 nitrogen and oxygen atoms in total. The van der Waals surface area contributed by atoms with Gasteiger partial charge in [0.25, 0.3) is 0 Å². The zero-order valence-electron chi connectivity index (χ0n) is 9.28. The molecule has 1 aromatic heterocycles. The van der Waals surface area contributed by atoms with Crippen molar-refractivity contribution in [2.75, 3.05) is 7.11 Å². The summed E-state index contributed by atoms with van der Waals surface area (Å²) in [6.45, 7) is 0. The molecule has 0 saturated heterocycles. The van der Waals surface area contributed by atoms with Gasteiger partial charge in [0.2, 0.25) is 0 Å². The monoisotopic (exact) mass is 394 g/mol. The molecular formula is C12H9Br2FO2S. The number of rotatable bonds is 3. The molecule has 0 amide bonds. The molecule has 96 valence electrons. The second-order valence-electron chi connectivity index (χ2n) is 3.54. The molecule has 1 unspecified atom stereocenters. The molecule has 2 rings (SSSR count). The van der Waals surface area contributed by atoms with Crippen LogP contribution in [0.2, 0.25) is 0 Å². The lowest BCUT2D eigenvalue weighted by Gasteiger charge is -2.15. The van der Waals surface area contributed by atoms with E-state index in [9.17, 15) is 9.50 Å². The second kappa shape index (κ2) is 5.69. The Morgan fingerprint density at radius 1 is 1.39 bits per heavy atom. The van der Waals surface area contributed by atoms with E-state index in [1.165, 1.54) is 24.5 Å². The molecule has 1 aromatic carbocycles. The Hall–Kier alpha value is -0.430. The summed E-state index contributed by atoms with van der Waals surface area (Å²) < 4.78 is 20.6. The summed E-state index contributed by atoms with van der Waals surface area (Å²) in [4.78, 5) is 0. The van der Waals surface area contributed by atoms with Gasteiger partial charge in [-0.05, 0) is 50.1 Å². The van der Waals surface area contributed by atoms with Gasteiger partial charge in [-0.15, -0.1) is 11.3 Å². The Morgan fingerprint density at radius 2 is 2.11 bits per heavy atom. The summed E-state index contributed by atoms with van der Waals surface area (Å²) in [5.41, 5.74) is 0.751. The van der Waals surface area contributed by atoms with Crippen LogP contribution in [0.4, 0.5) is 4.39 Å². The van der Waals surface area contributed by atoms with Gasteiger partial charge in [0, 0.05) is 5.56 Å². The smallest absolute Gasteiger partial charge is 0.133 e. The quantitative estimate of drug-likeness (QED) is 0.828. The molecule has 0 aliphatic heterocycles. The SMILES string of the molecule is COc1cccc(F)c1C(O)c1cc(Br)sc1Br. The average molecular weight is 396 g/mol. The molecule has 1 N–H and O–H groups in total. The summed E-state index contributed by atoms with van der Waals surface area (Å²) >= 11 is 8.10. The fourth-order valence-corrected chi connectivity index (χ4v) is 4.54. The first-order chi connectivity index (χ1) is 8.54. The lowest BCUT2D eigenvalue weighted by molar-refractivity contribution is 0.208. The van der Waals surface area contributed by atoms with Gasteiger partial charge >= 0.3 is 0 Å².